The minimum absolute atomic E-state index is 0.275. The Morgan fingerprint density at radius 1 is 1.31 bits per heavy atom. The van der Waals surface area contributed by atoms with Gasteiger partial charge in [-0.15, -0.1) is 11.3 Å². The van der Waals surface area contributed by atoms with Crippen LogP contribution in [0.5, 0.6) is 0 Å². The van der Waals surface area contributed by atoms with Crippen LogP contribution in [0.15, 0.2) is 54.6 Å². The van der Waals surface area contributed by atoms with E-state index >= 15 is 0 Å². The van der Waals surface area contributed by atoms with Crippen LogP contribution < -0.4 is 5.32 Å². The first kappa shape index (κ1) is 21.6. The first-order valence-corrected chi connectivity index (χ1v) is 11.0. The Balaban J connectivity index is 1.45. The number of imidazole rings is 1. The van der Waals surface area contributed by atoms with Gasteiger partial charge in [-0.25, -0.2) is 15.0 Å². The molecule has 4 rings (SSSR count). The number of allylic oxidation sites excluding steroid dienone is 1. The first-order chi connectivity index (χ1) is 15.4. The lowest BCUT2D eigenvalue weighted by Gasteiger charge is -2.09. The third kappa shape index (κ3) is 5.00. The molecule has 0 unspecified atom stereocenters. The van der Waals surface area contributed by atoms with Crippen LogP contribution in [0.3, 0.4) is 0 Å². The number of anilines is 1. The van der Waals surface area contributed by atoms with Gasteiger partial charge in [0.05, 0.1) is 17.7 Å². The summed E-state index contributed by atoms with van der Waals surface area (Å²) < 4.78 is 17.2. The molecule has 0 aliphatic carbocycles. The largest absolute Gasteiger partial charge is 0.339 e. The minimum atomic E-state index is -0.546. The zero-order valence-corrected chi connectivity index (χ0v) is 18.8. The number of pyridine rings is 1. The Bertz CT molecular complexity index is 1270. The van der Waals surface area contributed by atoms with Gasteiger partial charge in [-0.1, -0.05) is 0 Å². The zero-order chi connectivity index (χ0) is 22.7. The fourth-order valence-corrected chi connectivity index (χ4v) is 3.94. The van der Waals surface area contributed by atoms with Crippen LogP contribution >= 0.6 is 11.3 Å². The van der Waals surface area contributed by atoms with Crippen molar-refractivity contribution in [3.05, 3.63) is 83.2 Å². The molecule has 0 radical (unpaired) electrons. The lowest BCUT2D eigenvalue weighted by Crippen LogP contribution is -2.17. The number of carbonyl (C=O) groups is 1. The fraction of sp³-hybridized carbons (Fsp3) is 0.217. The van der Waals surface area contributed by atoms with E-state index in [1.165, 1.54) is 23.6 Å². The average molecular weight is 451 g/mol. The van der Waals surface area contributed by atoms with Gasteiger partial charge < -0.3 is 9.13 Å². The van der Waals surface area contributed by atoms with E-state index in [4.69, 9.17) is 0 Å². The van der Waals surface area contributed by atoms with E-state index < -0.39 is 5.95 Å². The molecule has 164 valence electrons. The normalized spacial score (nSPS) is 11.8. The number of carbonyl (C=O) groups excluding carboxylic acids is 1. The summed E-state index contributed by atoms with van der Waals surface area (Å²) in [5, 5.41) is 5.26. The van der Waals surface area contributed by atoms with Crippen molar-refractivity contribution in [1.82, 2.24) is 24.1 Å². The molecular formula is C23H23FN6OS. The smallest absolute Gasteiger partial charge is 0.274 e. The summed E-state index contributed by atoms with van der Waals surface area (Å²) in [5.41, 5.74) is 3.79. The summed E-state index contributed by atoms with van der Waals surface area (Å²) in [5.74, 6) is -0.821. The van der Waals surface area contributed by atoms with Gasteiger partial charge >= 0.3 is 0 Å². The molecular weight excluding hydrogens is 427 g/mol. The second kappa shape index (κ2) is 9.27. The summed E-state index contributed by atoms with van der Waals surface area (Å²) in [6.45, 7) is 6.53. The number of thiazole rings is 1. The van der Waals surface area contributed by atoms with Crippen LogP contribution in [0.2, 0.25) is 0 Å². The van der Waals surface area contributed by atoms with Crippen molar-refractivity contribution in [3.63, 3.8) is 0 Å². The van der Waals surface area contributed by atoms with Crippen LogP contribution in [0.4, 0.5) is 9.52 Å². The Morgan fingerprint density at radius 3 is 2.91 bits per heavy atom. The number of amides is 1. The van der Waals surface area contributed by atoms with Crippen molar-refractivity contribution in [2.24, 2.45) is 0 Å². The van der Waals surface area contributed by atoms with Gasteiger partial charge in [-0.2, -0.15) is 4.39 Å². The molecule has 1 amide bonds. The van der Waals surface area contributed by atoms with Crippen LogP contribution in [0.25, 0.3) is 11.6 Å². The minimum Gasteiger partial charge on any atom is -0.339 e. The zero-order valence-electron chi connectivity index (χ0n) is 18.0. The molecule has 4 aromatic rings. The quantitative estimate of drug-likeness (QED) is 0.397. The molecule has 0 spiro atoms. The molecule has 7 nitrogen and oxygen atoms in total. The summed E-state index contributed by atoms with van der Waals surface area (Å²) in [7, 11) is 0. The van der Waals surface area contributed by atoms with Crippen molar-refractivity contribution in [2.75, 3.05) is 5.32 Å². The van der Waals surface area contributed by atoms with E-state index in [0.717, 1.165) is 22.5 Å². The molecule has 0 saturated heterocycles. The first-order valence-electron chi connectivity index (χ1n) is 10.1. The Labute approximate surface area is 189 Å². The van der Waals surface area contributed by atoms with Crippen molar-refractivity contribution < 1.29 is 9.18 Å². The summed E-state index contributed by atoms with van der Waals surface area (Å²) in [6.07, 6.45) is 8.97. The molecule has 9 heteroatoms. The lowest BCUT2D eigenvalue weighted by atomic mass is 10.2. The molecule has 0 saturated carbocycles. The lowest BCUT2D eigenvalue weighted by molar-refractivity contribution is 0.101. The molecule has 0 aromatic carbocycles. The number of nitrogens with zero attached hydrogens (tertiary/aromatic N) is 5. The summed E-state index contributed by atoms with van der Waals surface area (Å²) >= 11 is 1.36. The van der Waals surface area contributed by atoms with E-state index in [9.17, 15) is 9.18 Å². The van der Waals surface area contributed by atoms with Crippen molar-refractivity contribution in [2.45, 2.75) is 33.4 Å². The maximum Gasteiger partial charge on any atom is 0.274 e. The molecule has 0 aliphatic rings. The highest BCUT2D eigenvalue weighted by Gasteiger charge is 2.14. The summed E-state index contributed by atoms with van der Waals surface area (Å²) in [6, 6.07) is 6.92. The molecule has 0 atom stereocenters. The van der Waals surface area contributed by atoms with E-state index in [-0.39, 0.29) is 5.91 Å². The standard InChI is InChI=1S/C23H23FN6OS/c1-15(2)30-12-18(26-14-30)9-16(3)19-13-32-23(27-19)28-22(31)20-5-4-8-29(20)11-17-6-7-25-21(24)10-17/h4-10,12-15H,11H2,1-3H3,(H,27,28,31)/b16-9+. The Morgan fingerprint density at radius 2 is 2.16 bits per heavy atom. The maximum atomic E-state index is 13.4. The number of halogens is 1. The van der Waals surface area contributed by atoms with Crippen LogP contribution in [0, 0.1) is 5.95 Å². The predicted molar refractivity (Wildman–Crippen MR) is 124 cm³/mol. The number of nitrogens with one attached hydrogen (secondary N) is 1. The SMILES string of the molecule is C/C(=C\c1cn(C(C)C)cn1)c1csc(NC(=O)c2cccn2Cc2ccnc(F)c2)n1. The van der Waals surface area contributed by atoms with E-state index in [0.29, 0.717) is 23.4 Å². The number of rotatable bonds is 7. The van der Waals surface area contributed by atoms with E-state index in [2.05, 4.69) is 34.1 Å². The van der Waals surface area contributed by atoms with Gasteiger partial charge in [0, 0.05) is 36.6 Å². The fourth-order valence-electron chi connectivity index (χ4n) is 3.17. The van der Waals surface area contributed by atoms with Gasteiger partial charge in [0.1, 0.15) is 5.69 Å². The molecule has 32 heavy (non-hydrogen) atoms. The maximum absolute atomic E-state index is 13.4. The molecule has 0 bridgehead atoms. The third-order valence-corrected chi connectivity index (χ3v) is 5.67. The highest BCUT2D eigenvalue weighted by molar-refractivity contribution is 7.14. The van der Waals surface area contributed by atoms with Gasteiger partial charge in [0.25, 0.3) is 5.91 Å². The number of aromatic nitrogens is 5. The molecule has 1 N–H and O–H groups in total. The number of hydrogen-bond donors (Lipinski definition) is 1. The second-order valence-corrected chi connectivity index (χ2v) is 8.53. The van der Waals surface area contributed by atoms with Gasteiger partial charge in [-0.3, -0.25) is 10.1 Å². The van der Waals surface area contributed by atoms with Gasteiger partial charge in [-0.05, 0) is 62.2 Å². The van der Waals surface area contributed by atoms with Crippen LogP contribution in [-0.4, -0.2) is 30.0 Å². The van der Waals surface area contributed by atoms with E-state index in [1.807, 2.05) is 35.5 Å². The van der Waals surface area contributed by atoms with Crippen LogP contribution in [0.1, 0.15) is 54.3 Å². The molecule has 0 fully saturated rings. The molecule has 0 aliphatic heterocycles. The average Bonchev–Trinajstić information content (AvgIpc) is 3.49. The highest BCUT2D eigenvalue weighted by Crippen LogP contribution is 2.24. The molecule has 4 aromatic heterocycles. The second-order valence-electron chi connectivity index (χ2n) is 7.67. The molecule has 4 heterocycles. The van der Waals surface area contributed by atoms with Crippen molar-refractivity contribution in [1.29, 1.82) is 0 Å². The van der Waals surface area contributed by atoms with Crippen LogP contribution in [-0.2, 0) is 6.54 Å². The van der Waals surface area contributed by atoms with Gasteiger partial charge in [0.15, 0.2) is 5.13 Å². The topological polar surface area (TPSA) is 77.6 Å². The predicted octanol–water partition coefficient (Wildman–Crippen LogP) is 5.12. The summed E-state index contributed by atoms with van der Waals surface area (Å²) in [4.78, 5) is 25.3. The van der Waals surface area contributed by atoms with Crippen molar-refractivity contribution >= 4 is 34.0 Å². The Hall–Kier alpha value is -3.59. The monoisotopic (exact) mass is 450 g/mol. The Kier molecular flexibility index (Phi) is 6.27. The van der Waals surface area contributed by atoms with E-state index in [1.54, 1.807) is 29.0 Å². The highest BCUT2D eigenvalue weighted by atomic mass is 32.1. The van der Waals surface area contributed by atoms with Crippen molar-refractivity contribution in [3.8, 4) is 0 Å². The third-order valence-electron chi connectivity index (χ3n) is 4.92. The van der Waals surface area contributed by atoms with Gasteiger partial charge in [0.2, 0.25) is 5.95 Å². The number of hydrogen-bond acceptors (Lipinski definition) is 5.